The predicted octanol–water partition coefficient (Wildman–Crippen LogP) is 6.32. The number of amides is 1. The second kappa shape index (κ2) is 10.2. The lowest BCUT2D eigenvalue weighted by Gasteiger charge is -2.17. The third-order valence-corrected chi connectivity index (χ3v) is 6.58. The molecule has 1 unspecified atom stereocenters. The molecule has 0 fully saturated rings. The molecule has 3 aromatic carbocycles. The van der Waals surface area contributed by atoms with Crippen LogP contribution in [0.1, 0.15) is 45.8 Å². The van der Waals surface area contributed by atoms with Crippen LogP contribution in [0.25, 0.3) is 5.69 Å². The number of benzene rings is 3. The highest BCUT2D eigenvalue weighted by Crippen LogP contribution is 2.28. The van der Waals surface area contributed by atoms with Crippen molar-refractivity contribution in [2.75, 3.05) is 0 Å². The molecule has 4 rings (SSSR count). The van der Waals surface area contributed by atoms with Crippen molar-refractivity contribution in [2.45, 2.75) is 37.7 Å². The zero-order valence-electron chi connectivity index (χ0n) is 18.7. The number of carbonyl (C=O) groups excluding carboxylic acids is 1. The molecular formula is C26H25ClN4OS. The molecule has 0 aliphatic heterocycles. The number of nitrogens with zero attached hydrogens (tertiary/aromatic N) is 3. The van der Waals surface area contributed by atoms with Gasteiger partial charge in [0.25, 0.3) is 5.91 Å². The van der Waals surface area contributed by atoms with E-state index in [0.717, 1.165) is 16.6 Å². The second-order valence-electron chi connectivity index (χ2n) is 7.96. The van der Waals surface area contributed by atoms with Crippen LogP contribution in [0.2, 0.25) is 5.02 Å². The first kappa shape index (κ1) is 23.1. The number of rotatable bonds is 7. The Morgan fingerprint density at radius 1 is 1.00 bits per heavy atom. The third-order valence-electron chi connectivity index (χ3n) is 5.25. The van der Waals surface area contributed by atoms with Gasteiger partial charge in [0.15, 0.2) is 11.0 Å². The van der Waals surface area contributed by atoms with Gasteiger partial charge < -0.3 is 5.32 Å². The van der Waals surface area contributed by atoms with E-state index in [1.54, 1.807) is 36.0 Å². The minimum absolute atomic E-state index is 0.250. The SMILES string of the molecule is Cc1ccc(-n2c(SCc3cccc(C)c3)nnc2C(C)NC(=O)c2ccccc2Cl)cc1. The molecule has 4 aromatic rings. The lowest BCUT2D eigenvalue weighted by atomic mass is 10.2. The average Bonchev–Trinajstić information content (AvgIpc) is 3.22. The van der Waals surface area contributed by atoms with E-state index >= 15 is 0 Å². The Kier molecular flexibility index (Phi) is 7.16. The second-order valence-corrected chi connectivity index (χ2v) is 9.31. The van der Waals surface area contributed by atoms with Gasteiger partial charge in [-0.2, -0.15) is 0 Å². The summed E-state index contributed by atoms with van der Waals surface area (Å²) in [7, 11) is 0. The fraction of sp³-hybridized carbons (Fsp3) is 0.192. The maximum absolute atomic E-state index is 12.8. The van der Waals surface area contributed by atoms with E-state index in [1.165, 1.54) is 16.7 Å². The Bertz CT molecular complexity index is 1270. The number of nitrogens with one attached hydrogen (secondary N) is 1. The Morgan fingerprint density at radius 3 is 2.48 bits per heavy atom. The molecule has 0 saturated heterocycles. The highest BCUT2D eigenvalue weighted by atomic mass is 35.5. The first-order chi connectivity index (χ1) is 15.9. The van der Waals surface area contributed by atoms with Gasteiger partial charge in [0.05, 0.1) is 16.6 Å². The quantitative estimate of drug-likeness (QED) is 0.317. The van der Waals surface area contributed by atoms with Crippen LogP contribution in [-0.2, 0) is 5.75 Å². The van der Waals surface area contributed by atoms with Crippen molar-refractivity contribution >= 4 is 29.3 Å². The highest BCUT2D eigenvalue weighted by molar-refractivity contribution is 7.98. The monoisotopic (exact) mass is 476 g/mol. The molecule has 0 spiro atoms. The molecule has 7 heteroatoms. The van der Waals surface area contributed by atoms with Crippen LogP contribution in [0.15, 0.2) is 78.0 Å². The van der Waals surface area contributed by atoms with Crippen molar-refractivity contribution in [3.8, 4) is 5.69 Å². The number of hydrogen-bond acceptors (Lipinski definition) is 4. The van der Waals surface area contributed by atoms with Crippen LogP contribution >= 0.6 is 23.4 Å². The summed E-state index contributed by atoms with van der Waals surface area (Å²) in [6.45, 7) is 6.04. The largest absolute Gasteiger partial charge is 0.342 e. The summed E-state index contributed by atoms with van der Waals surface area (Å²) in [5.41, 5.74) is 5.00. The van der Waals surface area contributed by atoms with Gasteiger partial charge in [-0.15, -0.1) is 10.2 Å². The van der Waals surface area contributed by atoms with Gasteiger partial charge in [-0.1, -0.05) is 83.0 Å². The molecule has 33 heavy (non-hydrogen) atoms. The van der Waals surface area contributed by atoms with Crippen molar-refractivity contribution in [2.24, 2.45) is 0 Å². The van der Waals surface area contributed by atoms with Gasteiger partial charge in [0.2, 0.25) is 0 Å². The Morgan fingerprint density at radius 2 is 1.76 bits per heavy atom. The predicted molar refractivity (Wildman–Crippen MR) is 134 cm³/mol. The number of carbonyl (C=O) groups is 1. The van der Waals surface area contributed by atoms with Crippen LogP contribution < -0.4 is 5.32 Å². The van der Waals surface area contributed by atoms with Crippen LogP contribution in [0.4, 0.5) is 0 Å². The summed E-state index contributed by atoms with van der Waals surface area (Å²) >= 11 is 7.83. The van der Waals surface area contributed by atoms with Gasteiger partial charge in [-0.25, -0.2) is 0 Å². The molecule has 0 aliphatic carbocycles. The summed E-state index contributed by atoms with van der Waals surface area (Å²) in [6.07, 6.45) is 0. The first-order valence-electron chi connectivity index (χ1n) is 10.7. The van der Waals surface area contributed by atoms with Gasteiger partial charge in [0, 0.05) is 11.4 Å². The van der Waals surface area contributed by atoms with E-state index in [2.05, 4.69) is 65.8 Å². The molecule has 1 atom stereocenters. The van der Waals surface area contributed by atoms with E-state index in [0.29, 0.717) is 16.4 Å². The summed E-state index contributed by atoms with van der Waals surface area (Å²) < 4.78 is 2.01. The zero-order valence-corrected chi connectivity index (χ0v) is 20.3. The fourth-order valence-electron chi connectivity index (χ4n) is 3.53. The smallest absolute Gasteiger partial charge is 0.253 e. The highest BCUT2D eigenvalue weighted by Gasteiger charge is 2.22. The van der Waals surface area contributed by atoms with Gasteiger partial charge in [-0.3, -0.25) is 9.36 Å². The topological polar surface area (TPSA) is 59.8 Å². The van der Waals surface area contributed by atoms with Crippen LogP contribution in [0.5, 0.6) is 0 Å². The Labute approximate surface area is 203 Å². The molecule has 0 bridgehead atoms. The zero-order chi connectivity index (χ0) is 23.4. The van der Waals surface area contributed by atoms with Gasteiger partial charge in [-0.05, 0) is 50.6 Å². The maximum Gasteiger partial charge on any atom is 0.253 e. The number of aryl methyl sites for hydroxylation is 2. The van der Waals surface area contributed by atoms with E-state index in [-0.39, 0.29) is 11.9 Å². The molecule has 168 valence electrons. The standard InChI is InChI=1S/C26H25ClN4OS/c1-17-11-13-21(14-12-17)31-24(19(3)28-25(32)22-9-4-5-10-23(22)27)29-30-26(31)33-16-20-8-6-7-18(2)15-20/h4-15,19H,16H2,1-3H3,(H,28,32). The van der Waals surface area contributed by atoms with Gasteiger partial charge in [0.1, 0.15) is 0 Å². The van der Waals surface area contributed by atoms with Crippen LogP contribution in [0.3, 0.4) is 0 Å². The van der Waals surface area contributed by atoms with Crippen molar-refractivity contribution in [1.82, 2.24) is 20.1 Å². The lowest BCUT2D eigenvalue weighted by Crippen LogP contribution is -2.28. The molecular weight excluding hydrogens is 452 g/mol. The number of hydrogen-bond donors (Lipinski definition) is 1. The normalized spacial score (nSPS) is 11.9. The summed E-state index contributed by atoms with van der Waals surface area (Å²) in [4.78, 5) is 12.8. The molecule has 0 saturated carbocycles. The minimum atomic E-state index is -0.379. The van der Waals surface area contributed by atoms with E-state index in [4.69, 9.17) is 11.6 Å². The van der Waals surface area contributed by atoms with Crippen molar-refractivity contribution in [3.63, 3.8) is 0 Å². The van der Waals surface area contributed by atoms with E-state index < -0.39 is 0 Å². The minimum Gasteiger partial charge on any atom is -0.342 e. The number of thioether (sulfide) groups is 1. The molecule has 1 N–H and O–H groups in total. The van der Waals surface area contributed by atoms with Crippen molar-refractivity contribution in [3.05, 3.63) is 106 Å². The maximum atomic E-state index is 12.8. The van der Waals surface area contributed by atoms with Crippen LogP contribution in [0, 0.1) is 13.8 Å². The van der Waals surface area contributed by atoms with Gasteiger partial charge >= 0.3 is 0 Å². The first-order valence-corrected chi connectivity index (χ1v) is 12.0. The van der Waals surface area contributed by atoms with Crippen LogP contribution in [-0.4, -0.2) is 20.7 Å². The van der Waals surface area contributed by atoms with E-state index in [1.807, 2.05) is 23.6 Å². The molecule has 1 aromatic heterocycles. The molecule has 1 amide bonds. The Balaban J connectivity index is 1.63. The molecule has 0 radical (unpaired) electrons. The Hall–Kier alpha value is -3.09. The van der Waals surface area contributed by atoms with Crippen molar-refractivity contribution in [1.29, 1.82) is 0 Å². The van der Waals surface area contributed by atoms with Crippen molar-refractivity contribution < 1.29 is 4.79 Å². The molecule has 5 nitrogen and oxygen atoms in total. The van der Waals surface area contributed by atoms with E-state index in [9.17, 15) is 4.79 Å². The number of aromatic nitrogens is 3. The fourth-order valence-corrected chi connectivity index (χ4v) is 4.65. The number of halogens is 1. The third kappa shape index (κ3) is 5.46. The molecule has 1 heterocycles. The summed E-state index contributed by atoms with van der Waals surface area (Å²) in [5.74, 6) is 1.18. The summed E-state index contributed by atoms with van der Waals surface area (Å²) in [6, 6.07) is 23.3. The average molecular weight is 477 g/mol. The molecule has 0 aliphatic rings. The lowest BCUT2D eigenvalue weighted by molar-refractivity contribution is 0.0938. The summed E-state index contributed by atoms with van der Waals surface area (Å²) in [5, 5.41) is 13.1.